The van der Waals surface area contributed by atoms with E-state index < -0.39 is 0 Å². The van der Waals surface area contributed by atoms with Crippen LogP contribution in [0.4, 0.5) is 5.95 Å². The SMILES string of the molecule is COc1ccccc1[C@H](C)Nc1nc(SC)nc2c(C(C)C)cnn12. The van der Waals surface area contributed by atoms with Gasteiger partial charge < -0.3 is 10.1 Å². The number of fused-ring (bicyclic) bond motifs is 1. The van der Waals surface area contributed by atoms with Gasteiger partial charge >= 0.3 is 0 Å². The van der Waals surface area contributed by atoms with Crippen molar-refractivity contribution in [1.82, 2.24) is 19.6 Å². The minimum absolute atomic E-state index is 0.00987. The van der Waals surface area contributed by atoms with Gasteiger partial charge in [0.25, 0.3) is 0 Å². The van der Waals surface area contributed by atoms with E-state index in [0.717, 1.165) is 27.7 Å². The summed E-state index contributed by atoms with van der Waals surface area (Å²) in [6, 6.07) is 7.99. The second-order valence-corrected chi connectivity index (χ2v) is 6.91. The minimum Gasteiger partial charge on any atom is -0.496 e. The predicted molar refractivity (Wildman–Crippen MR) is 102 cm³/mol. The molecule has 2 heterocycles. The molecular weight excluding hydrogens is 334 g/mol. The number of benzene rings is 1. The first kappa shape index (κ1) is 17.5. The lowest BCUT2D eigenvalue weighted by Crippen LogP contribution is -2.14. The van der Waals surface area contributed by atoms with Gasteiger partial charge in [0.05, 0.1) is 19.3 Å². The highest BCUT2D eigenvalue weighted by Crippen LogP contribution is 2.28. The minimum atomic E-state index is 0.00987. The highest BCUT2D eigenvalue weighted by Gasteiger charge is 2.18. The lowest BCUT2D eigenvalue weighted by atomic mass is 10.1. The van der Waals surface area contributed by atoms with Crippen molar-refractivity contribution in [3.63, 3.8) is 0 Å². The van der Waals surface area contributed by atoms with Gasteiger partial charge in [-0.1, -0.05) is 43.8 Å². The number of methoxy groups -OCH3 is 1. The summed E-state index contributed by atoms with van der Waals surface area (Å²) in [5.41, 5.74) is 3.04. The summed E-state index contributed by atoms with van der Waals surface area (Å²) < 4.78 is 7.25. The molecule has 0 radical (unpaired) electrons. The summed E-state index contributed by atoms with van der Waals surface area (Å²) >= 11 is 1.52. The zero-order chi connectivity index (χ0) is 18.0. The second-order valence-electron chi connectivity index (χ2n) is 6.13. The van der Waals surface area contributed by atoms with E-state index >= 15 is 0 Å². The number of rotatable bonds is 6. The van der Waals surface area contributed by atoms with Crippen LogP contribution >= 0.6 is 11.8 Å². The van der Waals surface area contributed by atoms with Crippen LogP contribution in [0.15, 0.2) is 35.6 Å². The average Bonchev–Trinajstić information content (AvgIpc) is 3.05. The van der Waals surface area contributed by atoms with E-state index in [1.807, 2.05) is 36.7 Å². The molecule has 6 nitrogen and oxygen atoms in total. The number of hydrogen-bond donors (Lipinski definition) is 1. The van der Waals surface area contributed by atoms with Crippen LogP contribution in [-0.2, 0) is 0 Å². The highest BCUT2D eigenvalue weighted by atomic mass is 32.2. The third kappa shape index (κ3) is 3.42. The molecule has 1 N–H and O–H groups in total. The van der Waals surface area contributed by atoms with Crippen LogP contribution in [0, 0.1) is 0 Å². The van der Waals surface area contributed by atoms with Gasteiger partial charge in [-0.3, -0.25) is 0 Å². The molecule has 0 fully saturated rings. The molecule has 0 amide bonds. The summed E-state index contributed by atoms with van der Waals surface area (Å²) in [5.74, 6) is 1.88. The molecule has 0 aliphatic heterocycles. The monoisotopic (exact) mass is 357 g/mol. The Morgan fingerprint density at radius 2 is 1.88 bits per heavy atom. The molecule has 3 rings (SSSR count). The first-order valence-corrected chi connectivity index (χ1v) is 9.46. The van der Waals surface area contributed by atoms with Gasteiger partial charge in [0.15, 0.2) is 10.8 Å². The van der Waals surface area contributed by atoms with Crippen molar-refractivity contribution in [2.24, 2.45) is 0 Å². The number of nitrogens with zero attached hydrogens (tertiary/aromatic N) is 4. The number of nitrogens with one attached hydrogen (secondary N) is 1. The second kappa shape index (κ2) is 7.31. The first-order valence-electron chi connectivity index (χ1n) is 8.24. The predicted octanol–water partition coefficient (Wildman–Crippen LogP) is 4.15. The van der Waals surface area contributed by atoms with Gasteiger partial charge in [-0.2, -0.15) is 14.6 Å². The summed E-state index contributed by atoms with van der Waals surface area (Å²) in [4.78, 5) is 9.25. The maximum Gasteiger partial charge on any atom is 0.228 e. The third-order valence-corrected chi connectivity index (χ3v) is 4.68. The quantitative estimate of drug-likeness (QED) is 0.669. The molecule has 3 aromatic rings. The number of ether oxygens (including phenoxy) is 1. The number of hydrogen-bond acceptors (Lipinski definition) is 6. The molecular formula is C18H23N5OS. The Labute approximate surface area is 152 Å². The fourth-order valence-corrected chi connectivity index (χ4v) is 3.12. The number of para-hydroxylation sites is 1. The van der Waals surface area contributed by atoms with E-state index in [2.05, 4.69) is 41.2 Å². The van der Waals surface area contributed by atoms with Gasteiger partial charge in [0.1, 0.15) is 5.75 Å². The topological polar surface area (TPSA) is 64.3 Å². The molecule has 7 heteroatoms. The summed E-state index contributed by atoms with van der Waals surface area (Å²) in [5, 5.41) is 8.68. The van der Waals surface area contributed by atoms with Crippen molar-refractivity contribution in [3.8, 4) is 5.75 Å². The normalized spacial score (nSPS) is 12.6. The lowest BCUT2D eigenvalue weighted by Gasteiger charge is -2.18. The highest BCUT2D eigenvalue weighted by molar-refractivity contribution is 7.98. The van der Waals surface area contributed by atoms with Crippen LogP contribution in [0.2, 0.25) is 0 Å². The Hall–Kier alpha value is -2.28. The summed E-state index contributed by atoms with van der Waals surface area (Å²) in [6.45, 7) is 6.36. The van der Waals surface area contributed by atoms with Gasteiger partial charge in [0, 0.05) is 11.1 Å². The Morgan fingerprint density at radius 1 is 1.12 bits per heavy atom. The Morgan fingerprint density at radius 3 is 2.56 bits per heavy atom. The van der Waals surface area contributed by atoms with Gasteiger partial charge in [-0.15, -0.1) is 0 Å². The van der Waals surface area contributed by atoms with E-state index in [0.29, 0.717) is 11.9 Å². The molecule has 0 saturated heterocycles. The zero-order valence-electron chi connectivity index (χ0n) is 15.1. The third-order valence-electron chi connectivity index (χ3n) is 4.13. The van der Waals surface area contributed by atoms with E-state index in [-0.39, 0.29) is 6.04 Å². The van der Waals surface area contributed by atoms with Crippen LogP contribution in [-0.4, -0.2) is 32.9 Å². The van der Waals surface area contributed by atoms with Gasteiger partial charge in [-0.25, -0.2) is 4.98 Å². The van der Waals surface area contributed by atoms with Crippen LogP contribution in [0.5, 0.6) is 5.75 Å². The zero-order valence-corrected chi connectivity index (χ0v) is 16.0. The Bertz CT molecular complexity index is 877. The first-order chi connectivity index (χ1) is 12.0. The van der Waals surface area contributed by atoms with E-state index in [4.69, 9.17) is 4.74 Å². The van der Waals surface area contributed by atoms with Crippen LogP contribution < -0.4 is 10.1 Å². The maximum absolute atomic E-state index is 5.47. The van der Waals surface area contributed by atoms with E-state index in [1.54, 1.807) is 11.6 Å². The van der Waals surface area contributed by atoms with Crippen molar-refractivity contribution in [2.45, 2.75) is 37.9 Å². The van der Waals surface area contributed by atoms with E-state index in [1.165, 1.54) is 11.8 Å². The van der Waals surface area contributed by atoms with Gasteiger partial charge in [0.2, 0.25) is 5.95 Å². The smallest absolute Gasteiger partial charge is 0.228 e. The Kier molecular flexibility index (Phi) is 5.13. The van der Waals surface area contributed by atoms with Gasteiger partial charge in [-0.05, 0) is 25.2 Å². The summed E-state index contributed by atoms with van der Waals surface area (Å²) in [6.07, 6.45) is 3.85. The number of anilines is 1. The Balaban J connectivity index is 2.03. The lowest BCUT2D eigenvalue weighted by molar-refractivity contribution is 0.408. The average molecular weight is 357 g/mol. The molecule has 0 unspecified atom stereocenters. The van der Waals surface area contributed by atoms with Crippen molar-refractivity contribution in [2.75, 3.05) is 18.7 Å². The van der Waals surface area contributed by atoms with Crippen molar-refractivity contribution in [1.29, 1.82) is 0 Å². The summed E-state index contributed by atoms with van der Waals surface area (Å²) in [7, 11) is 1.68. The molecule has 2 aromatic heterocycles. The molecule has 0 aliphatic rings. The molecule has 0 aliphatic carbocycles. The number of aromatic nitrogens is 4. The van der Waals surface area contributed by atoms with E-state index in [9.17, 15) is 0 Å². The molecule has 0 bridgehead atoms. The molecule has 1 atom stereocenters. The fourth-order valence-electron chi connectivity index (χ4n) is 2.76. The molecule has 0 spiro atoms. The standard InChI is InChI=1S/C18H23N5OS/c1-11(2)14-10-19-23-16(14)21-18(25-5)22-17(23)20-12(3)13-8-6-7-9-15(13)24-4/h6-12H,1-5H3,(H,20,21,22)/t12-/m0/s1. The van der Waals surface area contributed by atoms with Crippen molar-refractivity contribution in [3.05, 3.63) is 41.6 Å². The fraction of sp³-hybridized carbons (Fsp3) is 0.389. The maximum atomic E-state index is 5.47. The molecule has 132 valence electrons. The van der Waals surface area contributed by atoms with Crippen molar-refractivity contribution >= 4 is 23.4 Å². The van der Waals surface area contributed by atoms with Crippen molar-refractivity contribution < 1.29 is 4.74 Å². The molecule has 0 saturated carbocycles. The molecule has 1 aromatic carbocycles. The number of thioether (sulfide) groups is 1. The largest absolute Gasteiger partial charge is 0.496 e. The van der Waals surface area contributed by atoms with Crippen LogP contribution in [0.25, 0.3) is 5.65 Å². The van der Waals surface area contributed by atoms with Crippen LogP contribution in [0.3, 0.4) is 0 Å². The van der Waals surface area contributed by atoms with Crippen LogP contribution in [0.1, 0.15) is 43.9 Å². The molecule has 25 heavy (non-hydrogen) atoms.